The fourth-order valence-electron chi connectivity index (χ4n) is 9.50. The van der Waals surface area contributed by atoms with Gasteiger partial charge in [-0.15, -0.1) is 20.4 Å². The van der Waals surface area contributed by atoms with Gasteiger partial charge in [0.05, 0.1) is 51.0 Å². The Morgan fingerprint density at radius 3 is 0.722 bits per heavy atom. The molecule has 4 heterocycles. The minimum absolute atomic E-state index is 0.190. The summed E-state index contributed by atoms with van der Waals surface area (Å²) in [7, 11) is 0. The number of fused-ring (bicyclic) bond motifs is 8. The highest BCUT2D eigenvalue weighted by Gasteiger charge is 2.25. The molecule has 0 unspecified atom stereocenters. The highest BCUT2D eigenvalue weighted by atomic mass is 16.5. The van der Waals surface area contributed by atoms with Crippen LogP contribution in [0.15, 0.2) is 73.3 Å². The van der Waals surface area contributed by atoms with Crippen molar-refractivity contribution in [3.8, 4) is 23.0 Å². The molecule has 0 spiro atoms. The molecule has 0 aliphatic heterocycles. The first kappa shape index (κ1) is 49.5. The monoisotopic (exact) mass is 977 g/mol. The number of hydrogen-bond acceptors (Lipinski definition) is 16. The average Bonchev–Trinajstić information content (AvgIpc) is 4.18. The Bertz CT molecular complexity index is 2630. The summed E-state index contributed by atoms with van der Waals surface area (Å²) >= 11 is 0. The molecule has 72 heavy (non-hydrogen) atoms. The summed E-state index contributed by atoms with van der Waals surface area (Å²) < 4.78 is 34.8. The molecule has 8 bridgehead atoms. The quantitative estimate of drug-likeness (QED) is 0.0837. The lowest BCUT2D eigenvalue weighted by Gasteiger charge is -2.24. The van der Waals surface area contributed by atoms with Crippen LogP contribution in [-0.4, -0.2) is 86.2 Å². The minimum atomic E-state index is 0.190. The number of benzene rings is 4. The second kappa shape index (κ2) is 22.7. The van der Waals surface area contributed by atoms with Crippen LogP contribution in [0.5, 0.6) is 23.0 Å². The van der Waals surface area contributed by atoms with Gasteiger partial charge in [-0.25, -0.2) is 0 Å². The van der Waals surface area contributed by atoms with Gasteiger partial charge in [-0.3, -0.25) is 18.7 Å². The first-order valence-electron chi connectivity index (χ1n) is 24.4. The van der Waals surface area contributed by atoms with E-state index < -0.39 is 0 Å². The normalized spacial score (nSPS) is 12.3. The Hall–Kier alpha value is -7.52. The van der Waals surface area contributed by atoms with Crippen LogP contribution in [-0.2, 0) is 78.3 Å². The van der Waals surface area contributed by atoms with Gasteiger partial charge in [0.1, 0.15) is 72.2 Å². The van der Waals surface area contributed by atoms with Crippen molar-refractivity contribution in [2.24, 2.45) is 22.9 Å². The Morgan fingerprint density at radius 1 is 0.347 bits per heavy atom. The van der Waals surface area contributed by atoms with Crippen molar-refractivity contribution >= 4 is 0 Å². The highest BCUT2D eigenvalue weighted by molar-refractivity contribution is 5.58. The second-order valence-corrected chi connectivity index (χ2v) is 18.6. The molecule has 9 rings (SSSR count). The zero-order chi connectivity index (χ0) is 50.1. The van der Waals surface area contributed by atoms with E-state index in [0.29, 0.717) is 101 Å². The lowest BCUT2D eigenvalue weighted by molar-refractivity contribution is 0.288. The summed E-state index contributed by atoms with van der Waals surface area (Å²) in [5.74, 6) is 2.99. The molecule has 376 valence electrons. The molecule has 0 fully saturated rings. The van der Waals surface area contributed by atoms with Gasteiger partial charge in [-0.1, -0.05) is 91.6 Å². The predicted molar refractivity (Wildman–Crippen MR) is 270 cm³/mol. The van der Waals surface area contributed by atoms with Crippen LogP contribution in [0.1, 0.15) is 89.5 Å². The summed E-state index contributed by atoms with van der Waals surface area (Å²) in [5.41, 5.74) is 38.4. The number of ether oxygens (including phenoxy) is 4. The van der Waals surface area contributed by atoms with Gasteiger partial charge in [-0.05, 0) is 72.2 Å². The molecule has 4 aromatic heterocycles. The number of nitrogens with zero attached hydrogens (tertiary/aromatic N) is 12. The zero-order valence-corrected chi connectivity index (χ0v) is 41.6. The van der Waals surface area contributed by atoms with E-state index in [1.165, 1.54) is 0 Å². The zero-order valence-electron chi connectivity index (χ0n) is 41.6. The van der Waals surface area contributed by atoms with Crippen LogP contribution in [0.2, 0.25) is 0 Å². The second-order valence-electron chi connectivity index (χ2n) is 18.6. The Morgan fingerprint density at radius 2 is 0.542 bits per heavy atom. The largest absolute Gasteiger partial charge is 0.487 e. The molecule has 0 amide bonds. The van der Waals surface area contributed by atoms with Crippen molar-refractivity contribution in [1.82, 2.24) is 60.0 Å². The van der Waals surface area contributed by atoms with E-state index in [1.807, 2.05) is 24.8 Å². The van der Waals surface area contributed by atoms with Gasteiger partial charge in [0.2, 0.25) is 0 Å². The summed E-state index contributed by atoms with van der Waals surface area (Å²) in [4.78, 5) is 0. The first-order valence-corrected chi connectivity index (χ1v) is 24.4. The van der Waals surface area contributed by atoms with Crippen molar-refractivity contribution in [1.29, 1.82) is 0 Å². The molecule has 8 N–H and O–H groups in total. The van der Waals surface area contributed by atoms with Crippen LogP contribution in [0.25, 0.3) is 0 Å². The summed E-state index contributed by atoms with van der Waals surface area (Å²) in [5, 5.41) is 34.9. The van der Waals surface area contributed by atoms with Gasteiger partial charge >= 0.3 is 0 Å². The summed E-state index contributed by atoms with van der Waals surface area (Å²) in [6.45, 7) is 13.2. The number of rotatable bonds is 20. The molecule has 0 saturated heterocycles. The third kappa shape index (κ3) is 12.0. The van der Waals surface area contributed by atoms with Gasteiger partial charge in [0, 0.05) is 51.9 Å². The number of hydrogen-bond donors (Lipinski definition) is 4. The van der Waals surface area contributed by atoms with E-state index in [9.17, 15) is 0 Å². The van der Waals surface area contributed by atoms with Gasteiger partial charge in [-0.2, -0.15) is 0 Å². The van der Waals surface area contributed by atoms with Crippen LogP contribution < -0.4 is 41.9 Å². The molecule has 1 aliphatic carbocycles. The first-order chi connectivity index (χ1) is 35.0. The third-order valence-corrected chi connectivity index (χ3v) is 12.3. The Balaban J connectivity index is 1.22. The van der Waals surface area contributed by atoms with E-state index >= 15 is 0 Å². The van der Waals surface area contributed by atoms with E-state index in [0.717, 1.165) is 89.8 Å². The maximum Gasteiger partial charge on any atom is 0.134 e. The van der Waals surface area contributed by atoms with Crippen LogP contribution >= 0.6 is 0 Å². The van der Waals surface area contributed by atoms with Crippen molar-refractivity contribution in [2.75, 3.05) is 26.2 Å². The van der Waals surface area contributed by atoms with E-state index in [1.54, 1.807) is 18.7 Å². The third-order valence-electron chi connectivity index (χ3n) is 12.3. The fraction of sp³-hybridized carbons (Fsp3) is 0.385. The maximum absolute atomic E-state index is 6.96. The van der Waals surface area contributed by atoms with E-state index in [4.69, 9.17) is 41.9 Å². The molecule has 0 radical (unpaired) electrons. The van der Waals surface area contributed by atoms with Gasteiger partial charge in [0.25, 0.3) is 0 Å². The molecule has 20 heteroatoms. The SMILES string of the molecule is Cc1cc2c(OCc3cn(CCN)nn3)c(c1)Cc1cc(C)cc(c1OCc1cn(CCN)nn1)Cc1cc(C)cc(c1OCc1cn(CCN)nn1)Cc1cc(C)cc(c1OCc1cn(CCN)nn1)C2. The minimum Gasteiger partial charge on any atom is -0.487 e. The van der Waals surface area contributed by atoms with Crippen molar-refractivity contribution in [3.05, 3.63) is 163 Å². The van der Waals surface area contributed by atoms with Gasteiger partial charge < -0.3 is 41.9 Å². The summed E-state index contributed by atoms with van der Waals surface area (Å²) in [6.07, 6.45) is 9.44. The lowest BCUT2D eigenvalue weighted by atomic mass is 9.88. The maximum atomic E-state index is 6.96. The van der Waals surface area contributed by atoms with Crippen molar-refractivity contribution in [2.45, 2.75) is 106 Å². The molecular weight excluding hydrogens is 913 g/mol. The molecule has 0 atom stereocenters. The smallest absolute Gasteiger partial charge is 0.134 e. The van der Waals surface area contributed by atoms with E-state index in [-0.39, 0.29) is 26.4 Å². The predicted octanol–water partition coefficient (Wildman–Crippen LogP) is 4.11. The van der Waals surface area contributed by atoms with E-state index in [2.05, 4.69) is 117 Å². The van der Waals surface area contributed by atoms with Crippen molar-refractivity contribution in [3.63, 3.8) is 0 Å². The topological polar surface area (TPSA) is 264 Å². The van der Waals surface area contributed by atoms with Crippen LogP contribution in [0.3, 0.4) is 0 Å². The molecule has 1 aliphatic rings. The molecule has 0 saturated carbocycles. The van der Waals surface area contributed by atoms with Crippen LogP contribution in [0, 0.1) is 27.7 Å². The lowest BCUT2D eigenvalue weighted by Crippen LogP contribution is -2.11. The van der Waals surface area contributed by atoms with Gasteiger partial charge in [0.15, 0.2) is 0 Å². The highest BCUT2D eigenvalue weighted by Crippen LogP contribution is 2.41. The molecule has 8 aromatic rings. The Kier molecular flexibility index (Phi) is 15.6. The standard InChI is InChI=1S/C52H64N16O4/c1-33-13-37-21-39-15-34(2)17-41(50(39)70-30-46-26-66(10-6-54)62-58-46)23-43-19-36(4)20-44(52(43)72-32-48-28-68(12-8-56)64-60-48)24-42-18-35(3)16-40(51(42)71-31-47-27-67(11-7-55)63-59-47)22-38(14-33)49(37)69-29-45-25-65(9-5-53)61-57-45/h13-20,25-28H,5-12,21-24,29-32,53-56H2,1-4H3. The van der Waals surface area contributed by atoms with Crippen molar-refractivity contribution < 1.29 is 18.9 Å². The number of aryl methyl sites for hydroxylation is 4. The number of aromatic nitrogens is 12. The summed E-state index contributed by atoms with van der Waals surface area (Å²) in [6, 6.07) is 17.6. The Labute approximate surface area is 418 Å². The molecular formula is C52H64N16O4. The fourth-order valence-corrected chi connectivity index (χ4v) is 9.50. The van der Waals surface area contributed by atoms with Crippen LogP contribution in [0.4, 0.5) is 0 Å². The average molecular weight is 977 g/mol. The molecule has 20 nitrogen and oxygen atoms in total. The number of nitrogens with two attached hydrogens (primary N) is 4. The molecule has 4 aromatic carbocycles.